The molecule has 150 valence electrons. The van der Waals surface area contributed by atoms with E-state index in [4.69, 9.17) is 10.7 Å². The number of hydrogen-bond donors (Lipinski definition) is 2. The number of pyridine rings is 1. The van der Waals surface area contributed by atoms with E-state index in [0.717, 1.165) is 38.3 Å². The minimum Gasteiger partial charge on any atom is -0.397 e. The molecule has 5 heteroatoms. The monoisotopic (exact) mass is 421 g/mol. The summed E-state index contributed by atoms with van der Waals surface area (Å²) in [6.07, 6.45) is 0. The normalized spacial score (nSPS) is 10.8. The van der Waals surface area contributed by atoms with Crippen molar-refractivity contribution in [3.05, 3.63) is 102 Å². The molecule has 5 rings (SSSR count). The highest BCUT2D eigenvalue weighted by molar-refractivity contribution is 7.21. The van der Waals surface area contributed by atoms with Crippen molar-refractivity contribution in [1.29, 1.82) is 0 Å². The fourth-order valence-electron chi connectivity index (χ4n) is 3.60. The Hall–Kier alpha value is -3.96. The number of hydrogen-bond acceptors (Lipinski definition) is 4. The fourth-order valence-corrected chi connectivity index (χ4v) is 4.62. The van der Waals surface area contributed by atoms with Gasteiger partial charge in [0.2, 0.25) is 0 Å². The largest absolute Gasteiger partial charge is 0.397 e. The summed E-state index contributed by atoms with van der Waals surface area (Å²) in [5.41, 5.74) is 11.6. The molecule has 4 nitrogen and oxygen atoms in total. The molecule has 0 aliphatic carbocycles. The Morgan fingerprint density at radius 2 is 1.39 bits per heavy atom. The van der Waals surface area contributed by atoms with Gasteiger partial charge in [0, 0.05) is 16.6 Å². The van der Waals surface area contributed by atoms with Crippen molar-refractivity contribution in [2.45, 2.75) is 0 Å². The number of fused-ring (bicyclic) bond motifs is 1. The molecule has 2 heterocycles. The summed E-state index contributed by atoms with van der Waals surface area (Å²) in [7, 11) is 0. The average Bonchev–Trinajstić information content (AvgIpc) is 3.17. The topological polar surface area (TPSA) is 68.0 Å². The maximum atomic E-state index is 13.0. The minimum atomic E-state index is -0.230. The number of anilines is 2. The highest BCUT2D eigenvalue weighted by atomic mass is 32.1. The molecule has 0 radical (unpaired) electrons. The molecule has 0 fully saturated rings. The summed E-state index contributed by atoms with van der Waals surface area (Å²) in [5.74, 6) is -0.230. The third kappa shape index (κ3) is 3.67. The number of rotatable bonds is 4. The smallest absolute Gasteiger partial charge is 0.267 e. The number of benzene rings is 3. The van der Waals surface area contributed by atoms with E-state index in [1.54, 1.807) is 0 Å². The second-order valence-corrected chi connectivity index (χ2v) is 8.13. The van der Waals surface area contributed by atoms with Gasteiger partial charge in [0.25, 0.3) is 5.91 Å². The molecule has 0 saturated carbocycles. The van der Waals surface area contributed by atoms with Crippen molar-refractivity contribution in [3.8, 4) is 22.4 Å². The standard InChI is InChI=1S/C26H19N3OS/c27-23-22-20(17-10-4-1-5-11-17)16-21(18-12-6-2-7-13-18)29-26(22)31-24(23)25(30)28-19-14-8-3-9-15-19/h1-16H,27H2,(H,28,30). The summed E-state index contributed by atoms with van der Waals surface area (Å²) in [5, 5.41) is 3.74. The van der Waals surface area contributed by atoms with Gasteiger partial charge in [0.1, 0.15) is 9.71 Å². The van der Waals surface area contributed by atoms with Crippen molar-refractivity contribution < 1.29 is 4.79 Å². The van der Waals surface area contributed by atoms with Gasteiger partial charge >= 0.3 is 0 Å². The highest BCUT2D eigenvalue weighted by Gasteiger charge is 2.21. The van der Waals surface area contributed by atoms with Crippen LogP contribution >= 0.6 is 11.3 Å². The second-order valence-electron chi connectivity index (χ2n) is 7.13. The van der Waals surface area contributed by atoms with Crippen molar-refractivity contribution >= 4 is 38.8 Å². The predicted octanol–water partition coefficient (Wildman–Crippen LogP) is 6.46. The number of nitrogen functional groups attached to an aromatic ring is 1. The molecular formula is C26H19N3OS. The van der Waals surface area contributed by atoms with Crippen LogP contribution in [0.1, 0.15) is 9.67 Å². The quantitative estimate of drug-likeness (QED) is 0.350. The number of thiophene rings is 1. The zero-order chi connectivity index (χ0) is 21.2. The first-order valence-corrected chi connectivity index (χ1v) is 10.7. The number of carbonyl (C=O) groups is 1. The van der Waals surface area contributed by atoms with Crippen LogP contribution in [0.4, 0.5) is 11.4 Å². The van der Waals surface area contributed by atoms with Gasteiger partial charge in [-0.15, -0.1) is 11.3 Å². The maximum Gasteiger partial charge on any atom is 0.267 e. The van der Waals surface area contributed by atoms with E-state index in [1.165, 1.54) is 11.3 Å². The van der Waals surface area contributed by atoms with Crippen molar-refractivity contribution in [2.75, 3.05) is 11.1 Å². The summed E-state index contributed by atoms with van der Waals surface area (Å²) >= 11 is 1.32. The van der Waals surface area contributed by atoms with Gasteiger partial charge in [0.15, 0.2) is 0 Å². The molecule has 0 spiro atoms. The predicted molar refractivity (Wildman–Crippen MR) is 129 cm³/mol. The zero-order valence-electron chi connectivity index (χ0n) is 16.6. The first-order valence-electron chi connectivity index (χ1n) is 9.91. The number of aromatic nitrogens is 1. The molecule has 0 bridgehead atoms. The van der Waals surface area contributed by atoms with Gasteiger partial charge in [-0.25, -0.2) is 4.98 Å². The lowest BCUT2D eigenvalue weighted by atomic mass is 9.99. The summed E-state index contributed by atoms with van der Waals surface area (Å²) in [4.78, 5) is 19.1. The van der Waals surface area contributed by atoms with E-state index in [2.05, 4.69) is 11.4 Å². The van der Waals surface area contributed by atoms with Gasteiger partial charge in [-0.05, 0) is 29.3 Å². The van der Waals surface area contributed by atoms with Gasteiger partial charge in [-0.1, -0.05) is 78.9 Å². The van der Waals surface area contributed by atoms with Crippen LogP contribution in [0, 0.1) is 0 Å². The molecule has 3 aromatic carbocycles. The third-order valence-corrected chi connectivity index (χ3v) is 6.19. The van der Waals surface area contributed by atoms with Crippen molar-refractivity contribution in [3.63, 3.8) is 0 Å². The molecule has 0 aliphatic heterocycles. The van der Waals surface area contributed by atoms with Gasteiger partial charge < -0.3 is 11.1 Å². The number of nitrogens with one attached hydrogen (secondary N) is 1. The van der Waals surface area contributed by atoms with Crippen LogP contribution < -0.4 is 11.1 Å². The molecule has 0 atom stereocenters. The van der Waals surface area contributed by atoms with E-state index in [9.17, 15) is 4.79 Å². The molecule has 0 saturated heterocycles. The van der Waals surface area contributed by atoms with Crippen LogP contribution in [0.25, 0.3) is 32.6 Å². The lowest BCUT2D eigenvalue weighted by Gasteiger charge is -2.09. The van der Waals surface area contributed by atoms with Gasteiger partial charge in [0.05, 0.1) is 11.4 Å². The third-order valence-electron chi connectivity index (χ3n) is 5.09. The first kappa shape index (κ1) is 19.0. The Morgan fingerprint density at radius 3 is 2.03 bits per heavy atom. The molecule has 3 N–H and O–H groups in total. The first-order chi connectivity index (χ1) is 15.2. The number of carbonyl (C=O) groups excluding carboxylic acids is 1. The van der Waals surface area contributed by atoms with Crippen LogP contribution in [0.5, 0.6) is 0 Å². The number of para-hydroxylation sites is 1. The Bertz CT molecular complexity index is 1360. The number of nitrogens with two attached hydrogens (primary N) is 1. The van der Waals surface area contributed by atoms with Crippen molar-refractivity contribution in [1.82, 2.24) is 4.98 Å². The van der Waals surface area contributed by atoms with Crippen LogP contribution in [-0.2, 0) is 0 Å². The SMILES string of the molecule is Nc1c(C(=O)Nc2ccccc2)sc2nc(-c3ccccc3)cc(-c3ccccc3)c12. The van der Waals surface area contributed by atoms with Crippen molar-refractivity contribution in [2.24, 2.45) is 0 Å². The van der Waals surface area contributed by atoms with Crippen LogP contribution in [0.3, 0.4) is 0 Å². The van der Waals surface area contributed by atoms with E-state index in [-0.39, 0.29) is 5.91 Å². The Labute approximate surface area is 184 Å². The Morgan fingerprint density at radius 1 is 0.806 bits per heavy atom. The molecule has 0 unspecified atom stereocenters. The van der Waals surface area contributed by atoms with Crippen LogP contribution in [0.2, 0.25) is 0 Å². The van der Waals surface area contributed by atoms with E-state index in [1.807, 2.05) is 91.0 Å². The zero-order valence-corrected chi connectivity index (χ0v) is 17.4. The van der Waals surface area contributed by atoms with E-state index < -0.39 is 0 Å². The number of amides is 1. The summed E-state index contributed by atoms with van der Waals surface area (Å²) in [6, 6.07) is 31.5. The minimum absolute atomic E-state index is 0.230. The Kier molecular flexibility index (Phi) is 4.94. The van der Waals surface area contributed by atoms with Gasteiger partial charge in [-0.3, -0.25) is 4.79 Å². The molecule has 31 heavy (non-hydrogen) atoms. The molecule has 5 aromatic rings. The molecule has 2 aromatic heterocycles. The van der Waals surface area contributed by atoms with E-state index in [0.29, 0.717) is 10.6 Å². The second kappa shape index (κ2) is 8.05. The lowest BCUT2D eigenvalue weighted by Crippen LogP contribution is -2.11. The van der Waals surface area contributed by atoms with Crippen LogP contribution in [0.15, 0.2) is 97.1 Å². The highest BCUT2D eigenvalue weighted by Crippen LogP contribution is 2.41. The van der Waals surface area contributed by atoms with Gasteiger partial charge in [-0.2, -0.15) is 0 Å². The summed E-state index contributed by atoms with van der Waals surface area (Å²) in [6.45, 7) is 0. The fraction of sp³-hybridized carbons (Fsp3) is 0. The summed E-state index contributed by atoms with van der Waals surface area (Å²) < 4.78 is 0. The molecule has 1 amide bonds. The maximum absolute atomic E-state index is 13.0. The van der Waals surface area contributed by atoms with Crippen LogP contribution in [-0.4, -0.2) is 10.9 Å². The average molecular weight is 422 g/mol. The molecule has 0 aliphatic rings. The Balaban J connectivity index is 1.69. The number of nitrogens with zero attached hydrogens (tertiary/aromatic N) is 1. The molecular weight excluding hydrogens is 402 g/mol. The van der Waals surface area contributed by atoms with E-state index >= 15 is 0 Å². The lowest BCUT2D eigenvalue weighted by molar-refractivity contribution is 0.103.